The maximum absolute atomic E-state index is 13.7. The molecule has 5 aliphatic carbocycles. The third kappa shape index (κ3) is 3.01. The van der Waals surface area contributed by atoms with Crippen molar-refractivity contribution < 1.29 is 9.59 Å². The molecule has 0 spiro atoms. The van der Waals surface area contributed by atoms with Crippen molar-refractivity contribution in [3.8, 4) is 0 Å². The maximum Gasteiger partial charge on any atom is 0.141 e. The fraction of sp³-hybridized carbons (Fsp3) is 0.905. The molecule has 5 rings (SSSR count). The number of carbonyl (C=O) groups excluding carboxylic acids is 2. The van der Waals surface area contributed by atoms with Crippen LogP contribution >= 0.6 is 48.8 Å². The van der Waals surface area contributed by atoms with Crippen molar-refractivity contribution in [2.75, 3.05) is 28.8 Å². The Hall–Kier alpha value is 0.740. The zero-order valence-electron chi connectivity index (χ0n) is 15.7. The van der Waals surface area contributed by atoms with Crippen LogP contribution < -0.4 is 0 Å². The van der Waals surface area contributed by atoms with Crippen molar-refractivity contribution in [2.45, 2.75) is 30.9 Å². The van der Waals surface area contributed by atoms with Gasteiger partial charge in [-0.2, -0.15) is 48.8 Å². The van der Waals surface area contributed by atoms with Gasteiger partial charge in [0.05, 0.1) is 0 Å². The predicted octanol–water partition coefficient (Wildman–Crippen LogP) is 3.99. The van der Waals surface area contributed by atoms with Gasteiger partial charge in [0.25, 0.3) is 0 Å². The van der Waals surface area contributed by atoms with Gasteiger partial charge in [-0.25, -0.2) is 0 Å². The molecule has 10 atom stereocenters. The molecule has 150 valence electrons. The highest BCUT2D eigenvalue weighted by atomic mass is 32.2. The molecule has 0 heterocycles. The van der Waals surface area contributed by atoms with Gasteiger partial charge in [-0.05, 0) is 72.5 Å². The second kappa shape index (κ2) is 7.77. The molecule has 5 saturated carbocycles. The fourth-order valence-corrected chi connectivity index (χ4v) is 10.7. The predicted molar refractivity (Wildman–Crippen MR) is 121 cm³/mol. The molecule has 0 aromatic rings. The monoisotopic (exact) mass is 442 g/mol. The van der Waals surface area contributed by atoms with E-state index in [4.69, 9.17) is 0 Å². The highest BCUT2D eigenvalue weighted by Gasteiger charge is 2.68. The van der Waals surface area contributed by atoms with Crippen LogP contribution in [0.2, 0.25) is 0 Å². The largest absolute Gasteiger partial charge is 0.299 e. The molecule has 5 aliphatic rings. The van der Waals surface area contributed by atoms with E-state index in [-0.39, 0.29) is 23.7 Å². The van der Waals surface area contributed by atoms with E-state index in [2.05, 4.69) is 25.3 Å². The van der Waals surface area contributed by atoms with Crippen LogP contribution in [-0.4, -0.2) is 45.6 Å². The first kappa shape index (κ1) is 19.7. The molecule has 4 bridgehead atoms. The summed E-state index contributed by atoms with van der Waals surface area (Å²) in [5, 5.41) is 0.594. The number of thioether (sulfide) groups is 2. The summed E-state index contributed by atoms with van der Waals surface area (Å²) in [6.45, 7) is 0. The van der Waals surface area contributed by atoms with Gasteiger partial charge >= 0.3 is 0 Å². The zero-order chi connectivity index (χ0) is 18.7. The molecule has 2 nitrogen and oxygen atoms in total. The Morgan fingerprint density at radius 1 is 0.778 bits per heavy atom. The van der Waals surface area contributed by atoms with Crippen molar-refractivity contribution in [1.29, 1.82) is 0 Å². The third-order valence-electron chi connectivity index (χ3n) is 8.39. The minimum Gasteiger partial charge on any atom is -0.299 e. The zero-order valence-corrected chi connectivity index (χ0v) is 19.1. The molecular weight excluding hydrogens is 412 g/mol. The second-order valence-electron chi connectivity index (χ2n) is 9.39. The number of hydrogen-bond donors (Lipinski definition) is 2. The van der Waals surface area contributed by atoms with Gasteiger partial charge in [0.2, 0.25) is 0 Å². The van der Waals surface area contributed by atoms with Gasteiger partial charge in [-0.1, -0.05) is 0 Å². The number of ketones is 2. The number of Topliss-reactive ketones (excluding diaryl/α,β-unsaturated/α-hetero) is 2. The number of hydrogen-bond acceptors (Lipinski definition) is 6. The van der Waals surface area contributed by atoms with Crippen molar-refractivity contribution in [3.05, 3.63) is 0 Å². The topological polar surface area (TPSA) is 34.1 Å². The van der Waals surface area contributed by atoms with Crippen LogP contribution in [0.5, 0.6) is 0 Å². The molecule has 0 aromatic carbocycles. The fourth-order valence-electron chi connectivity index (χ4n) is 7.72. The van der Waals surface area contributed by atoms with Gasteiger partial charge in [0.1, 0.15) is 11.6 Å². The molecule has 0 N–H and O–H groups in total. The van der Waals surface area contributed by atoms with E-state index in [1.165, 1.54) is 6.42 Å². The van der Waals surface area contributed by atoms with E-state index >= 15 is 0 Å². The third-order valence-corrected chi connectivity index (χ3v) is 12.0. The summed E-state index contributed by atoms with van der Waals surface area (Å²) >= 11 is 12.7. The summed E-state index contributed by atoms with van der Waals surface area (Å²) in [6.07, 6.45) is 4.63. The van der Waals surface area contributed by atoms with Crippen LogP contribution in [0.3, 0.4) is 0 Å². The minimum absolute atomic E-state index is 0.0695. The highest BCUT2D eigenvalue weighted by Crippen LogP contribution is 2.66. The van der Waals surface area contributed by atoms with E-state index < -0.39 is 0 Å². The van der Waals surface area contributed by atoms with Gasteiger partial charge < -0.3 is 0 Å². The lowest BCUT2D eigenvalue weighted by molar-refractivity contribution is -0.152. The smallest absolute Gasteiger partial charge is 0.141 e. The Kier molecular flexibility index (Phi) is 5.67. The molecule has 10 unspecified atom stereocenters. The van der Waals surface area contributed by atoms with Crippen molar-refractivity contribution in [2.24, 2.45) is 53.3 Å². The van der Waals surface area contributed by atoms with Gasteiger partial charge in [0, 0.05) is 40.4 Å². The molecular formula is C21H30O2S4. The van der Waals surface area contributed by atoms with E-state index in [1.54, 1.807) is 0 Å². The SMILES string of the molecule is O=C1C2C3CC(CSCCS)C(C3)C2C(=O)C2C3CC(CC3SCCS)C12. The first-order valence-electron chi connectivity index (χ1n) is 10.6. The van der Waals surface area contributed by atoms with Crippen LogP contribution in [0.15, 0.2) is 0 Å². The molecule has 0 saturated heterocycles. The summed E-state index contributed by atoms with van der Waals surface area (Å²) in [7, 11) is 0. The molecule has 0 amide bonds. The average Bonchev–Trinajstić information content (AvgIpc) is 3.42. The molecule has 0 radical (unpaired) electrons. The maximum atomic E-state index is 13.7. The molecule has 27 heavy (non-hydrogen) atoms. The Labute approximate surface area is 182 Å². The Morgan fingerprint density at radius 3 is 2.15 bits per heavy atom. The first-order chi connectivity index (χ1) is 13.2. The normalized spacial score (nSPS) is 49.7. The number of fused-ring (bicyclic) bond motifs is 10. The van der Waals surface area contributed by atoms with Gasteiger partial charge in [-0.15, -0.1) is 0 Å². The first-order valence-corrected chi connectivity index (χ1v) is 14.1. The van der Waals surface area contributed by atoms with Crippen LogP contribution in [-0.2, 0) is 9.59 Å². The minimum atomic E-state index is 0.0695. The molecule has 6 heteroatoms. The summed E-state index contributed by atoms with van der Waals surface area (Å²) < 4.78 is 0. The van der Waals surface area contributed by atoms with Crippen LogP contribution in [0.1, 0.15) is 25.7 Å². The van der Waals surface area contributed by atoms with E-state index in [0.717, 1.165) is 48.0 Å². The van der Waals surface area contributed by atoms with Crippen LogP contribution in [0.25, 0.3) is 0 Å². The summed E-state index contributed by atoms with van der Waals surface area (Å²) in [4.78, 5) is 27.2. The number of thiol groups is 2. The second-order valence-corrected chi connectivity index (χ2v) is 12.8. The lowest BCUT2D eigenvalue weighted by Gasteiger charge is -2.46. The Bertz CT molecular complexity index is 625. The average molecular weight is 443 g/mol. The standard InChI is InChI=1S/C21H30O2S4/c22-20-16-10-5-12(9-26-3-1-24)13(6-10)18(16)21(23)19-14-7-11(17(19)20)8-15(14)27-4-2-25/h10-19,24-25H,1-9H2. The van der Waals surface area contributed by atoms with Gasteiger partial charge in [0.15, 0.2) is 0 Å². The lowest BCUT2D eigenvalue weighted by Crippen LogP contribution is -2.54. The van der Waals surface area contributed by atoms with Gasteiger partial charge in [-0.3, -0.25) is 9.59 Å². The molecule has 0 aromatic heterocycles. The van der Waals surface area contributed by atoms with Crippen molar-refractivity contribution in [1.82, 2.24) is 0 Å². The molecule has 0 aliphatic heterocycles. The Balaban J connectivity index is 1.35. The highest BCUT2D eigenvalue weighted by molar-refractivity contribution is 8.00. The number of rotatable bonds is 7. The van der Waals surface area contributed by atoms with E-state index in [9.17, 15) is 9.59 Å². The van der Waals surface area contributed by atoms with E-state index in [1.807, 2.05) is 23.5 Å². The summed E-state index contributed by atoms with van der Waals surface area (Å²) in [6, 6.07) is 0. The summed E-state index contributed by atoms with van der Waals surface area (Å²) in [5.41, 5.74) is 0. The summed E-state index contributed by atoms with van der Waals surface area (Å²) in [5.74, 6) is 9.14. The van der Waals surface area contributed by atoms with Crippen molar-refractivity contribution >= 4 is 60.3 Å². The van der Waals surface area contributed by atoms with E-state index in [0.29, 0.717) is 46.4 Å². The van der Waals surface area contributed by atoms with Crippen LogP contribution in [0, 0.1) is 53.3 Å². The van der Waals surface area contributed by atoms with Crippen molar-refractivity contribution in [3.63, 3.8) is 0 Å². The lowest BCUT2D eigenvalue weighted by atomic mass is 9.57. The molecule has 5 fully saturated rings. The quantitative estimate of drug-likeness (QED) is 0.461. The van der Waals surface area contributed by atoms with Crippen LogP contribution in [0.4, 0.5) is 0 Å². The number of carbonyl (C=O) groups is 2. The Morgan fingerprint density at radius 2 is 1.41 bits per heavy atom.